The number of carbonyl (C=O) groups is 2. The van der Waals surface area contributed by atoms with Gasteiger partial charge in [-0.1, -0.05) is 31.6 Å². The fraction of sp³-hybridized carbons (Fsp3) is 0.733. The third kappa shape index (κ3) is 4.18. The zero-order chi connectivity index (χ0) is 17.1. The summed E-state index contributed by atoms with van der Waals surface area (Å²) in [6, 6.07) is 0.461. The molecule has 2 fully saturated rings. The Labute approximate surface area is 149 Å². The van der Waals surface area contributed by atoms with E-state index < -0.39 is 0 Å². The molecule has 3 rings (SSSR count). The number of hydrogen-bond acceptors (Lipinski definition) is 6. The maximum atomic E-state index is 12.0. The topological polar surface area (TPSA) is 96.0 Å². The van der Waals surface area contributed by atoms with Crippen molar-refractivity contribution in [3.8, 4) is 0 Å². The van der Waals surface area contributed by atoms with E-state index in [1.165, 1.54) is 11.3 Å². The van der Waals surface area contributed by atoms with Crippen molar-refractivity contribution >= 4 is 40.2 Å². The Morgan fingerprint density at radius 2 is 2.17 bits per heavy atom. The second-order valence-corrected chi connectivity index (χ2v) is 8.80. The average Bonchev–Trinajstić information content (AvgIpc) is 3.20. The fourth-order valence-corrected chi connectivity index (χ4v) is 5.28. The lowest BCUT2D eigenvalue weighted by Gasteiger charge is -2.16. The van der Waals surface area contributed by atoms with Crippen molar-refractivity contribution in [2.45, 2.75) is 62.8 Å². The number of hydrogen-bond donors (Lipinski definition) is 3. The highest BCUT2D eigenvalue weighted by molar-refractivity contribution is 8.00. The molecule has 1 aromatic rings. The minimum atomic E-state index is -0.0486. The number of nitrogens with one attached hydrogen (secondary N) is 3. The summed E-state index contributed by atoms with van der Waals surface area (Å²) in [4.78, 5) is 23.3. The molecule has 2 aliphatic heterocycles. The van der Waals surface area contributed by atoms with E-state index in [0.29, 0.717) is 22.7 Å². The van der Waals surface area contributed by atoms with E-state index in [2.05, 4.69) is 40.0 Å². The molecular formula is C15H23N5O2S2. The zero-order valence-corrected chi connectivity index (χ0v) is 15.5. The second-order valence-electron chi connectivity index (χ2n) is 6.52. The van der Waals surface area contributed by atoms with Gasteiger partial charge in [-0.3, -0.25) is 4.79 Å². The Morgan fingerprint density at radius 3 is 2.92 bits per heavy atom. The molecular weight excluding hydrogens is 346 g/mol. The molecule has 0 bridgehead atoms. The van der Waals surface area contributed by atoms with Crippen LogP contribution in [-0.4, -0.2) is 45.2 Å². The van der Waals surface area contributed by atoms with Crippen LogP contribution in [0.2, 0.25) is 0 Å². The number of carbonyl (C=O) groups excluding carboxylic acids is 2. The molecule has 3 amide bonds. The predicted molar refractivity (Wildman–Crippen MR) is 96.6 cm³/mol. The van der Waals surface area contributed by atoms with Crippen LogP contribution in [0.1, 0.15) is 50.5 Å². The van der Waals surface area contributed by atoms with Crippen LogP contribution in [0, 0.1) is 0 Å². The third-order valence-corrected chi connectivity index (χ3v) is 6.91. The van der Waals surface area contributed by atoms with Gasteiger partial charge in [0.2, 0.25) is 11.0 Å². The van der Waals surface area contributed by atoms with Crippen LogP contribution in [-0.2, 0) is 4.79 Å². The largest absolute Gasteiger partial charge is 0.332 e. The molecule has 7 nitrogen and oxygen atoms in total. The maximum absolute atomic E-state index is 12.0. The summed E-state index contributed by atoms with van der Waals surface area (Å²) in [6.07, 6.45) is 3.35. The lowest BCUT2D eigenvalue weighted by atomic mass is 10.0. The Kier molecular flexibility index (Phi) is 5.60. The first kappa shape index (κ1) is 17.5. The van der Waals surface area contributed by atoms with E-state index >= 15 is 0 Å². The van der Waals surface area contributed by atoms with Gasteiger partial charge in [-0.15, -0.1) is 10.2 Å². The molecule has 9 heteroatoms. The van der Waals surface area contributed by atoms with Crippen LogP contribution in [0.25, 0.3) is 0 Å². The van der Waals surface area contributed by atoms with E-state index in [9.17, 15) is 9.59 Å². The van der Waals surface area contributed by atoms with Gasteiger partial charge in [0.05, 0.1) is 12.1 Å². The Bertz CT molecular complexity index is 606. The minimum Gasteiger partial charge on any atom is -0.332 e. The molecule has 0 unspecified atom stereocenters. The summed E-state index contributed by atoms with van der Waals surface area (Å²) in [5.41, 5.74) is 0. The number of rotatable bonds is 7. The fourth-order valence-electron chi connectivity index (χ4n) is 2.97. The third-order valence-electron chi connectivity index (χ3n) is 4.26. The van der Waals surface area contributed by atoms with Crippen molar-refractivity contribution in [1.82, 2.24) is 20.8 Å². The molecule has 1 aromatic heterocycles. The summed E-state index contributed by atoms with van der Waals surface area (Å²) >= 11 is 3.34. The molecule has 0 aliphatic carbocycles. The number of aromatic nitrogens is 2. The summed E-state index contributed by atoms with van der Waals surface area (Å²) in [5, 5.41) is 18.8. The monoisotopic (exact) mass is 369 g/mol. The minimum absolute atomic E-state index is 0.00533. The van der Waals surface area contributed by atoms with Crippen molar-refractivity contribution < 1.29 is 9.59 Å². The van der Waals surface area contributed by atoms with Crippen LogP contribution in [0.3, 0.4) is 0 Å². The van der Waals surface area contributed by atoms with Crippen molar-refractivity contribution in [3.05, 3.63) is 5.01 Å². The van der Waals surface area contributed by atoms with Gasteiger partial charge >= 0.3 is 6.03 Å². The molecule has 3 atom stereocenters. The van der Waals surface area contributed by atoms with Crippen molar-refractivity contribution in [2.75, 3.05) is 11.1 Å². The SMILES string of the molecule is CC(C)c1nnc(NC(=O)CCCC[C@@H]2SC[C@H]3NC(=O)N[C@H]23)s1. The molecule has 2 aliphatic rings. The Hall–Kier alpha value is -1.35. The van der Waals surface area contributed by atoms with E-state index in [4.69, 9.17) is 0 Å². The lowest BCUT2D eigenvalue weighted by Crippen LogP contribution is -2.36. The van der Waals surface area contributed by atoms with Gasteiger partial charge in [0.15, 0.2) is 0 Å². The number of amides is 3. The molecule has 3 heterocycles. The number of nitrogens with zero attached hydrogens (tertiary/aromatic N) is 2. The van der Waals surface area contributed by atoms with E-state index in [-0.39, 0.29) is 24.0 Å². The molecule has 24 heavy (non-hydrogen) atoms. The zero-order valence-electron chi connectivity index (χ0n) is 13.9. The highest BCUT2D eigenvalue weighted by Crippen LogP contribution is 2.33. The van der Waals surface area contributed by atoms with Crippen molar-refractivity contribution in [1.29, 1.82) is 0 Å². The van der Waals surface area contributed by atoms with Gasteiger partial charge in [-0.2, -0.15) is 11.8 Å². The molecule has 132 valence electrons. The quantitative estimate of drug-likeness (QED) is 0.506. The summed E-state index contributed by atoms with van der Waals surface area (Å²) < 4.78 is 0. The number of unbranched alkanes of at least 4 members (excludes halogenated alkanes) is 1. The van der Waals surface area contributed by atoms with Crippen LogP contribution >= 0.6 is 23.1 Å². The predicted octanol–water partition coefficient (Wildman–Crippen LogP) is 2.33. The van der Waals surface area contributed by atoms with Crippen LogP contribution in [0.15, 0.2) is 0 Å². The number of fused-ring (bicyclic) bond motifs is 1. The van der Waals surface area contributed by atoms with E-state index in [1.54, 1.807) is 0 Å². The van der Waals surface area contributed by atoms with E-state index in [0.717, 1.165) is 30.0 Å². The summed E-state index contributed by atoms with van der Waals surface area (Å²) in [5.74, 6) is 1.30. The standard InChI is InChI=1S/C15H23N5O2S2/c1-8(2)13-19-20-15(24-13)17-11(21)6-4-3-5-10-12-9(7-23-10)16-14(22)18-12/h8-10,12H,3-7H2,1-2H3,(H2,16,18,22)(H,17,20,21)/t9-,10+,12+/m1/s1. The van der Waals surface area contributed by atoms with Crippen molar-refractivity contribution in [3.63, 3.8) is 0 Å². The maximum Gasteiger partial charge on any atom is 0.315 e. The van der Waals surface area contributed by atoms with Crippen LogP contribution in [0.5, 0.6) is 0 Å². The molecule has 0 spiro atoms. The van der Waals surface area contributed by atoms with Gasteiger partial charge in [-0.05, 0) is 12.8 Å². The molecule has 0 aromatic carbocycles. The summed E-state index contributed by atoms with van der Waals surface area (Å²) in [6.45, 7) is 4.11. The molecule has 0 saturated carbocycles. The van der Waals surface area contributed by atoms with Crippen LogP contribution in [0.4, 0.5) is 9.93 Å². The highest BCUT2D eigenvalue weighted by atomic mass is 32.2. The van der Waals surface area contributed by atoms with Crippen molar-refractivity contribution in [2.24, 2.45) is 0 Å². The Morgan fingerprint density at radius 1 is 1.33 bits per heavy atom. The molecule has 2 saturated heterocycles. The average molecular weight is 370 g/mol. The van der Waals surface area contributed by atoms with Gasteiger partial charge in [-0.25, -0.2) is 4.79 Å². The number of thioether (sulfide) groups is 1. The van der Waals surface area contributed by atoms with Gasteiger partial charge in [0.25, 0.3) is 0 Å². The van der Waals surface area contributed by atoms with Gasteiger partial charge in [0, 0.05) is 23.3 Å². The first-order valence-corrected chi connectivity index (χ1v) is 10.2. The highest BCUT2D eigenvalue weighted by Gasteiger charge is 2.42. The molecule has 3 N–H and O–H groups in total. The first-order chi connectivity index (χ1) is 11.5. The second kappa shape index (κ2) is 7.69. The number of anilines is 1. The first-order valence-electron chi connectivity index (χ1n) is 8.35. The van der Waals surface area contributed by atoms with E-state index in [1.807, 2.05) is 11.8 Å². The number of urea groups is 1. The van der Waals surface area contributed by atoms with Gasteiger partial charge in [0.1, 0.15) is 5.01 Å². The normalized spacial score (nSPS) is 25.5. The lowest BCUT2D eigenvalue weighted by molar-refractivity contribution is -0.116. The molecule has 0 radical (unpaired) electrons. The Balaban J connectivity index is 1.34. The van der Waals surface area contributed by atoms with Gasteiger partial charge < -0.3 is 16.0 Å². The smallest absolute Gasteiger partial charge is 0.315 e. The van der Waals surface area contributed by atoms with Crippen LogP contribution < -0.4 is 16.0 Å². The summed E-state index contributed by atoms with van der Waals surface area (Å²) in [7, 11) is 0.